The van der Waals surface area contributed by atoms with Gasteiger partial charge in [0.2, 0.25) is 0 Å². The van der Waals surface area contributed by atoms with Gasteiger partial charge < -0.3 is 4.74 Å². The van der Waals surface area contributed by atoms with Gasteiger partial charge in [0.25, 0.3) is 0 Å². The summed E-state index contributed by atoms with van der Waals surface area (Å²) in [5.41, 5.74) is 1.87. The lowest BCUT2D eigenvalue weighted by atomic mass is 10.2. The number of pyridine rings is 1. The fourth-order valence-corrected chi connectivity index (χ4v) is 1.63. The highest BCUT2D eigenvalue weighted by Crippen LogP contribution is 2.25. The highest BCUT2D eigenvalue weighted by atomic mass is 16.5. The topological polar surface area (TPSA) is 22.1 Å². The molecule has 0 radical (unpaired) electrons. The molecule has 3 rings (SSSR count). The molecule has 15 heavy (non-hydrogen) atoms. The molecule has 2 aromatic rings. The van der Waals surface area contributed by atoms with E-state index in [9.17, 15) is 0 Å². The van der Waals surface area contributed by atoms with Gasteiger partial charge in [0.1, 0.15) is 5.69 Å². The van der Waals surface area contributed by atoms with Crippen molar-refractivity contribution in [2.45, 2.75) is 0 Å². The molecule has 0 saturated heterocycles. The summed E-state index contributed by atoms with van der Waals surface area (Å²) < 4.78 is 5.45. The van der Waals surface area contributed by atoms with E-state index in [2.05, 4.69) is 4.98 Å². The van der Waals surface area contributed by atoms with E-state index in [-0.39, 0.29) is 0 Å². The van der Waals surface area contributed by atoms with Gasteiger partial charge in [0.05, 0.1) is 11.8 Å². The summed E-state index contributed by atoms with van der Waals surface area (Å²) in [5.74, 6) is 0.804. The predicted molar refractivity (Wildman–Crippen MR) is 60.5 cm³/mol. The molecule has 0 aliphatic carbocycles. The molecule has 0 spiro atoms. The first-order valence-corrected chi connectivity index (χ1v) is 4.83. The lowest BCUT2D eigenvalue weighted by molar-refractivity contribution is 0.480. The molecule has 2 nitrogen and oxygen atoms in total. The molecule has 1 aliphatic heterocycles. The summed E-state index contributed by atoms with van der Waals surface area (Å²) >= 11 is 0. The summed E-state index contributed by atoms with van der Waals surface area (Å²) in [4.78, 5) is 4.52. The Labute approximate surface area is 87.5 Å². The minimum Gasteiger partial charge on any atom is -0.463 e. The SMILES string of the molecule is C1=COc2cc3ccccc3nc2C=C1. The Morgan fingerprint density at radius 2 is 2.00 bits per heavy atom. The van der Waals surface area contributed by atoms with Crippen LogP contribution in [0.5, 0.6) is 5.75 Å². The number of ether oxygens (including phenoxy) is 1. The first-order valence-electron chi connectivity index (χ1n) is 4.83. The largest absolute Gasteiger partial charge is 0.463 e. The van der Waals surface area contributed by atoms with Crippen LogP contribution >= 0.6 is 0 Å². The average Bonchev–Trinajstić information content (AvgIpc) is 2.50. The monoisotopic (exact) mass is 195 g/mol. The third-order valence-electron chi connectivity index (χ3n) is 2.36. The van der Waals surface area contributed by atoms with Gasteiger partial charge in [-0.15, -0.1) is 0 Å². The van der Waals surface area contributed by atoms with E-state index in [1.54, 1.807) is 6.26 Å². The summed E-state index contributed by atoms with van der Waals surface area (Å²) in [6.45, 7) is 0. The zero-order valence-corrected chi connectivity index (χ0v) is 8.05. The number of aromatic nitrogens is 1. The summed E-state index contributed by atoms with van der Waals surface area (Å²) in [6.07, 6.45) is 7.39. The minimum absolute atomic E-state index is 0.804. The Morgan fingerprint density at radius 1 is 1.07 bits per heavy atom. The first kappa shape index (κ1) is 8.24. The Bertz CT molecular complexity index is 570. The van der Waals surface area contributed by atoms with Crippen LogP contribution in [0, 0.1) is 0 Å². The summed E-state index contributed by atoms with van der Waals surface area (Å²) in [6, 6.07) is 10.0. The van der Waals surface area contributed by atoms with Crippen molar-refractivity contribution >= 4 is 17.0 Å². The van der Waals surface area contributed by atoms with Gasteiger partial charge in [-0.1, -0.05) is 24.3 Å². The maximum atomic E-state index is 5.45. The van der Waals surface area contributed by atoms with Gasteiger partial charge in [0, 0.05) is 5.39 Å². The van der Waals surface area contributed by atoms with Crippen molar-refractivity contribution in [3.05, 3.63) is 54.4 Å². The lowest BCUT2D eigenvalue weighted by Gasteiger charge is -2.05. The Balaban J connectivity index is 2.31. The quantitative estimate of drug-likeness (QED) is 0.644. The normalized spacial score (nSPS) is 13.3. The minimum atomic E-state index is 0.804. The lowest BCUT2D eigenvalue weighted by Crippen LogP contribution is -1.89. The van der Waals surface area contributed by atoms with Crippen molar-refractivity contribution in [1.82, 2.24) is 4.98 Å². The van der Waals surface area contributed by atoms with Crippen molar-refractivity contribution in [2.24, 2.45) is 0 Å². The second-order valence-corrected chi connectivity index (χ2v) is 3.37. The zero-order chi connectivity index (χ0) is 10.1. The number of rotatable bonds is 0. The second-order valence-electron chi connectivity index (χ2n) is 3.37. The predicted octanol–water partition coefficient (Wildman–Crippen LogP) is 3.15. The molecular weight excluding hydrogens is 186 g/mol. The first-order chi connectivity index (χ1) is 7.43. The van der Waals surface area contributed by atoms with E-state index >= 15 is 0 Å². The number of nitrogens with zero attached hydrogens (tertiary/aromatic N) is 1. The molecule has 1 aliphatic rings. The zero-order valence-electron chi connectivity index (χ0n) is 8.05. The second kappa shape index (κ2) is 3.24. The average molecular weight is 195 g/mol. The Kier molecular flexibility index (Phi) is 1.78. The van der Waals surface area contributed by atoms with Crippen molar-refractivity contribution in [3.63, 3.8) is 0 Å². The number of hydrogen-bond acceptors (Lipinski definition) is 2. The maximum Gasteiger partial charge on any atom is 0.152 e. The number of fused-ring (bicyclic) bond motifs is 2. The smallest absolute Gasteiger partial charge is 0.152 e. The van der Waals surface area contributed by atoms with E-state index < -0.39 is 0 Å². The van der Waals surface area contributed by atoms with Gasteiger partial charge in [-0.2, -0.15) is 0 Å². The van der Waals surface area contributed by atoms with Crippen LogP contribution in [0.2, 0.25) is 0 Å². The van der Waals surface area contributed by atoms with E-state index in [0.717, 1.165) is 22.3 Å². The molecule has 2 heteroatoms. The fourth-order valence-electron chi connectivity index (χ4n) is 1.63. The van der Waals surface area contributed by atoms with Crippen molar-refractivity contribution in [2.75, 3.05) is 0 Å². The molecule has 0 atom stereocenters. The van der Waals surface area contributed by atoms with E-state index in [4.69, 9.17) is 4.74 Å². The summed E-state index contributed by atoms with van der Waals surface area (Å²) in [7, 11) is 0. The maximum absolute atomic E-state index is 5.45. The van der Waals surface area contributed by atoms with Gasteiger partial charge in [-0.25, -0.2) is 4.98 Å². The van der Waals surface area contributed by atoms with Crippen LogP contribution in [0.25, 0.3) is 17.0 Å². The molecule has 0 N–H and O–H groups in total. The molecule has 1 aromatic carbocycles. The van der Waals surface area contributed by atoms with Crippen LogP contribution < -0.4 is 4.74 Å². The van der Waals surface area contributed by atoms with E-state index in [0.29, 0.717) is 0 Å². The Hall–Kier alpha value is -2.09. The van der Waals surface area contributed by atoms with E-state index in [1.807, 2.05) is 48.6 Å². The standard InChI is InChI=1S/C13H9NO/c1-2-6-11-10(5-1)9-13-12(14-11)7-3-4-8-15-13/h1-9H. The van der Waals surface area contributed by atoms with Crippen LogP contribution in [-0.4, -0.2) is 4.98 Å². The molecular formula is C13H9NO. The molecule has 72 valence electrons. The molecule has 0 unspecified atom stereocenters. The molecule has 0 amide bonds. The molecule has 0 saturated carbocycles. The van der Waals surface area contributed by atoms with Gasteiger partial charge in [-0.05, 0) is 24.3 Å². The molecule has 2 heterocycles. The Morgan fingerprint density at radius 3 is 3.00 bits per heavy atom. The third kappa shape index (κ3) is 1.40. The third-order valence-corrected chi connectivity index (χ3v) is 2.36. The van der Waals surface area contributed by atoms with Crippen LogP contribution in [0.4, 0.5) is 0 Å². The van der Waals surface area contributed by atoms with Crippen LogP contribution in [0.1, 0.15) is 5.69 Å². The fraction of sp³-hybridized carbons (Fsp3) is 0. The van der Waals surface area contributed by atoms with Crippen LogP contribution in [-0.2, 0) is 0 Å². The van der Waals surface area contributed by atoms with Gasteiger partial charge in [0.15, 0.2) is 5.75 Å². The summed E-state index contributed by atoms with van der Waals surface area (Å²) in [5, 5.41) is 1.10. The molecule has 0 bridgehead atoms. The number of allylic oxidation sites excluding steroid dienone is 2. The highest BCUT2D eigenvalue weighted by molar-refractivity contribution is 5.82. The molecule has 0 fully saturated rings. The number of benzene rings is 1. The van der Waals surface area contributed by atoms with Gasteiger partial charge >= 0.3 is 0 Å². The van der Waals surface area contributed by atoms with Crippen LogP contribution in [0.15, 0.2) is 48.7 Å². The van der Waals surface area contributed by atoms with Crippen molar-refractivity contribution < 1.29 is 4.74 Å². The highest BCUT2D eigenvalue weighted by Gasteiger charge is 2.05. The number of hydrogen-bond donors (Lipinski definition) is 0. The van der Waals surface area contributed by atoms with Gasteiger partial charge in [-0.3, -0.25) is 0 Å². The number of para-hydroxylation sites is 1. The van der Waals surface area contributed by atoms with Crippen molar-refractivity contribution in [1.29, 1.82) is 0 Å². The molecule has 1 aromatic heterocycles. The van der Waals surface area contributed by atoms with E-state index in [1.165, 1.54) is 0 Å². The van der Waals surface area contributed by atoms with Crippen LogP contribution in [0.3, 0.4) is 0 Å². The van der Waals surface area contributed by atoms with Crippen molar-refractivity contribution in [3.8, 4) is 5.75 Å².